The zero-order chi connectivity index (χ0) is 13.0. The fraction of sp³-hybridized carbons (Fsp3) is 0.417. The third kappa shape index (κ3) is 4.24. The van der Waals surface area contributed by atoms with Crippen LogP contribution in [-0.4, -0.2) is 37.5 Å². The van der Waals surface area contributed by atoms with E-state index in [4.69, 9.17) is 27.5 Å². The van der Waals surface area contributed by atoms with Gasteiger partial charge in [-0.25, -0.2) is 0 Å². The molecule has 0 heterocycles. The molecular formula is C12H18ClN3O. The lowest BCUT2D eigenvalue weighted by Gasteiger charge is -2.20. The largest absolute Gasteiger partial charge is 0.489 e. The average molecular weight is 256 g/mol. The second kappa shape index (κ2) is 5.89. The molecule has 0 saturated carbocycles. The first-order chi connectivity index (χ1) is 7.90. The molecule has 1 rings (SSSR count). The number of halogens is 1. The lowest BCUT2D eigenvalue weighted by Crippen LogP contribution is -2.28. The molecule has 0 radical (unpaired) electrons. The van der Waals surface area contributed by atoms with Gasteiger partial charge in [0.15, 0.2) is 0 Å². The van der Waals surface area contributed by atoms with Crippen LogP contribution in [0.4, 0.5) is 0 Å². The lowest BCUT2D eigenvalue weighted by molar-refractivity contribution is 0.176. The van der Waals surface area contributed by atoms with Crippen LogP contribution in [0, 0.1) is 5.41 Å². The number of nitrogen functional groups attached to an aromatic ring is 1. The maximum Gasteiger partial charge on any atom is 0.132 e. The highest BCUT2D eigenvalue weighted by Crippen LogP contribution is 2.24. The van der Waals surface area contributed by atoms with Gasteiger partial charge < -0.3 is 15.4 Å². The Bertz CT molecular complexity index is 407. The fourth-order valence-electron chi connectivity index (χ4n) is 1.58. The Balaban J connectivity index is 2.88. The topological polar surface area (TPSA) is 62.3 Å². The monoisotopic (exact) mass is 255 g/mol. The second-order valence-electron chi connectivity index (χ2n) is 4.24. The maximum absolute atomic E-state index is 7.48. The summed E-state index contributed by atoms with van der Waals surface area (Å²) in [6, 6.07) is 5.08. The highest BCUT2D eigenvalue weighted by Gasteiger charge is 2.11. The molecule has 94 valence electrons. The van der Waals surface area contributed by atoms with E-state index in [9.17, 15) is 0 Å². The van der Waals surface area contributed by atoms with Gasteiger partial charge in [0, 0.05) is 11.6 Å². The summed E-state index contributed by atoms with van der Waals surface area (Å²) in [5, 5.41) is 8.05. The summed E-state index contributed by atoms with van der Waals surface area (Å²) in [4.78, 5) is 2.03. The van der Waals surface area contributed by atoms with Gasteiger partial charge in [-0.05, 0) is 39.2 Å². The molecule has 0 amide bonds. The van der Waals surface area contributed by atoms with E-state index in [2.05, 4.69) is 0 Å². The Morgan fingerprint density at radius 1 is 1.53 bits per heavy atom. The van der Waals surface area contributed by atoms with E-state index in [1.807, 2.05) is 25.9 Å². The molecule has 0 spiro atoms. The number of benzene rings is 1. The molecule has 17 heavy (non-hydrogen) atoms. The van der Waals surface area contributed by atoms with Gasteiger partial charge in [-0.3, -0.25) is 5.41 Å². The number of hydrogen-bond acceptors (Lipinski definition) is 3. The quantitative estimate of drug-likeness (QED) is 0.625. The summed E-state index contributed by atoms with van der Waals surface area (Å²) in [5.41, 5.74) is 6.06. The van der Waals surface area contributed by atoms with Gasteiger partial charge in [-0.15, -0.1) is 0 Å². The summed E-state index contributed by atoms with van der Waals surface area (Å²) in [5.74, 6) is 0.535. The van der Waals surface area contributed by atoms with Gasteiger partial charge >= 0.3 is 0 Å². The Labute approximate surface area is 107 Å². The number of likely N-dealkylation sites (N-methyl/N-ethyl adjacent to an activating group) is 1. The van der Waals surface area contributed by atoms with E-state index in [0.29, 0.717) is 16.3 Å². The van der Waals surface area contributed by atoms with Gasteiger partial charge in [0.1, 0.15) is 17.7 Å². The number of nitrogens with two attached hydrogens (primary N) is 1. The smallest absolute Gasteiger partial charge is 0.132 e. The normalized spacial score (nSPS) is 12.5. The van der Waals surface area contributed by atoms with Crippen molar-refractivity contribution in [1.29, 1.82) is 5.41 Å². The Hall–Kier alpha value is -1.26. The van der Waals surface area contributed by atoms with Crippen LogP contribution in [0.3, 0.4) is 0 Å². The van der Waals surface area contributed by atoms with Crippen molar-refractivity contribution in [3.05, 3.63) is 28.8 Å². The molecule has 0 bridgehead atoms. The van der Waals surface area contributed by atoms with Gasteiger partial charge in [0.2, 0.25) is 0 Å². The number of rotatable bonds is 5. The maximum atomic E-state index is 7.48. The highest BCUT2D eigenvalue weighted by molar-refractivity contribution is 6.30. The van der Waals surface area contributed by atoms with Crippen molar-refractivity contribution >= 4 is 17.4 Å². The average Bonchev–Trinajstić information content (AvgIpc) is 2.15. The molecule has 5 heteroatoms. The number of nitrogens with zero attached hydrogens (tertiary/aromatic N) is 1. The second-order valence-corrected chi connectivity index (χ2v) is 4.68. The van der Waals surface area contributed by atoms with Crippen molar-refractivity contribution in [3.63, 3.8) is 0 Å². The number of amidine groups is 1. The predicted octanol–water partition coefficient (Wildman–Crippen LogP) is 1.95. The van der Waals surface area contributed by atoms with E-state index in [0.717, 1.165) is 6.54 Å². The van der Waals surface area contributed by atoms with Gasteiger partial charge in [-0.1, -0.05) is 11.6 Å². The molecule has 1 unspecified atom stereocenters. The summed E-state index contributed by atoms with van der Waals surface area (Å²) in [6.07, 6.45) is 0.00145. The molecule has 0 fully saturated rings. The standard InChI is InChI=1S/C12H18ClN3O/c1-8(7-16(2)3)17-11-6-9(13)4-5-10(11)12(14)15/h4-6,8H,7H2,1-3H3,(H3,14,15). The fourth-order valence-corrected chi connectivity index (χ4v) is 1.75. The van der Waals surface area contributed by atoms with Crippen LogP contribution in [0.15, 0.2) is 18.2 Å². The number of ether oxygens (including phenoxy) is 1. The van der Waals surface area contributed by atoms with Crippen molar-refractivity contribution in [1.82, 2.24) is 4.90 Å². The van der Waals surface area contributed by atoms with Crippen LogP contribution >= 0.6 is 11.6 Å². The minimum atomic E-state index is -0.0197. The van der Waals surface area contributed by atoms with Crippen LogP contribution in [0.2, 0.25) is 5.02 Å². The predicted molar refractivity (Wildman–Crippen MR) is 71.1 cm³/mol. The molecule has 1 aromatic rings. The molecule has 0 aliphatic heterocycles. The molecule has 1 aromatic carbocycles. The van der Waals surface area contributed by atoms with Crippen molar-refractivity contribution in [2.24, 2.45) is 5.73 Å². The van der Waals surface area contributed by atoms with Crippen LogP contribution in [0.1, 0.15) is 12.5 Å². The van der Waals surface area contributed by atoms with E-state index < -0.39 is 0 Å². The molecular weight excluding hydrogens is 238 g/mol. The molecule has 1 atom stereocenters. The lowest BCUT2D eigenvalue weighted by atomic mass is 10.2. The first-order valence-corrected chi connectivity index (χ1v) is 5.73. The van der Waals surface area contributed by atoms with Crippen LogP contribution in [-0.2, 0) is 0 Å². The van der Waals surface area contributed by atoms with Crippen LogP contribution < -0.4 is 10.5 Å². The van der Waals surface area contributed by atoms with Crippen molar-refractivity contribution in [2.45, 2.75) is 13.0 Å². The van der Waals surface area contributed by atoms with Crippen molar-refractivity contribution in [3.8, 4) is 5.75 Å². The first-order valence-electron chi connectivity index (χ1n) is 5.35. The third-order valence-corrected chi connectivity index (χ3v) is 2.42. The van der Waals surface area contributed by atoms with E-state index in [1.165, 1.54) is 0 Å². The van der Waals surface area contributed by atoms with E-state index in [1.54, 1.807) is 18.2 Å². The zero-order valence-corrected chi connectivity index (χ0v) is 11.1. The SMILES string of the molecule is CC(CN(C)C)Oc1cc(Cl)ccc1C(=N)N. The molecule has 0 aliphatic carbocycles. The van der Waals surface area contributed by atoms with Crippen molar-refractivity contribution in [2.75, 3.05) is 20.6 Å². The molecule has 4 nitrogen and oxygen atoms in total. The number of hydrogen-bond donors (Lipinski definition) is 2. The molecule has 0 aromatic heterocycles. The molecule has 0 saturated heterocycles. The molecule has 3 N–H and O–H groups in total. The van der Waals surface area contributed by atoms with Gasteiger partial charge in [0.05, 0.1) is 5.56 Å². The Morgan fingerprint density at radius 3 is 2.71 bits per heavy atom. The Morgan fingerprint density at radius 2 is 2.18 bits per heavy atom. The summed E-state index contributed by atoms with van der Waals surface area (Å²) in [6.45, 7) is 2.74. The Kier molecular flexibility index (Phi) is 4.78. The minimum absolute atomic E-state index is 0.00145. The van der Waals surface area contributed by atoms with E-state index in [-0.39, 0.29) is 11.9 Å². The van der Waals surface area contributed by atoms with Crippen LogP contribution in [0.5, 0.6) is 5.75 Å². The van der Waals surface area contributed by atoms with Gasteiger partial charge in [0.25, 0.3) is 0 Å². The van der Waals surface area contributed by atoms with E-state index >= 15 is 0 Å². The molecule has 0 aliphatic rings. The van der Waals surface area contributed by atoms with Crippen molar-refractivity contribution < 1.29 is 4.74 Å². The number of nitrogens with one attached hydrogen (secondary N) is 1. The van der Waals surface area contributed by atoms with Gasteiger partial charge in [-0.2, -0.15) is 0 Å². The summed E-state index contributed by atoms with van der Waals surface area (Å²) < 4.78 is 5.75. The summed E-state index contributed by atoms with van der Waals surface area (Å²) >= 11 is 5.91. The summed E-state index contributed by atoms with van der Waals surface area (Å²) in [7, 11) is 3.95. The first kappa shape index (κ1) is 13.8. The highest BCUT2D eigenvalue weighted by atomic mass is 35.5. The third-order valence-electron chi connectivity index (χ3n) is 2.18. The minimum Gasteiger partial charge on any atom is -0.489 e. The zero-order valence-electron chi connectivity index (χ0n) is 10.3. The van der Waals surface area contributed by atoms with Crippen LogP contribution in [0.25, 0.3) is 0 Å².